The lowest BCUT2D eigenvalue weighted by molar-refractivity contribution is 0.0938. The molecule has 2 rings (SSSR count). The third-order valence-corrected chi connectivity index (χ3v) is 3.44. The summed E-state index contributed by atoms with van der Waals surface area (Å²) in [4.78, 5) is 24.7. The van der Waals surface area contributed by atoms with Crippen LogP contribution in [-0.4, -0.2) is 38.7 Å². The van der Waals surface area contributed by atoms with E-state index in [1.807, 2.05) is 6.92 Å². The molecule has 2 amide bonds. The summed E-state index contributed by atoms with van der Waals surface area (Å²) in [7, 11) is 1.57. The third-order valence-electron chi connectivity index (χ3n) is 3.44. The Kier molecular flexibility index (Phi) is 6.98. The van der Waals surface area contributed by atoms with Gasteiger partial charge >= 0.3 is 0 Å². The molecule has 0 aromatic heterocycles. The fourth-order valence-corrected chi connectivity index (χ4v) is 2.22. The lowest BCUT2D eigenvalue weighted by Crippen LogP contribution is -2.28. The minimum absolute atomic E-state index is 0.264. The molecule has 0 aliphatic rings. The number of hydrogen-bond donors (Lipinski definition) is 2. The van der Waals surface area contributed by atoms with Crippen LogP contribution in [0, 0.1) is 0 Å². The van der Waals surface area contributed by atoms with Gasteiger partial charge in [0, 0.05) is 19.2 Å². The number of carbonyl (C=O) groups excluding carboxylic acids is 2. The molecule has 6 nitrogen and oxygen atoms in total. The number of ether oxygens (including phenoxy) is 2. The Labute approximate surface area is 147 Å². The number of para-hydroxylation sites is 1. The van der Waals surface area contributed by atoms with Gasteiger partial charge in [-0.05, 0) is 43.3 Å². The van der Waals surface area contributed by atoms with E-state index in [0.717, 1.165) is 0 Å². The Bertz CT molecular complexity index is 714. The molecule has 6 heteroatoms. The van der Waals surface area contributed by atoms with Gasteiger partial charge in [0.15, 0.2) is 0 Å². The molecule has 0 aliphatic carbocycles. The van der Waals surface area contributed by atoms with E-state index in [1.54, 1.807) is 55.6 Å². The molecule has 132 valence electrons. The summed E-state index contributed by atoms with van der Waals surface area (Å²) in [5.41, 5.74) is 1.34. The van der Waals surface area contributed by atoms with E-state index in [4.69, 9.17) is 9.47 Å². The van der Waals surface area contributed by atoms with Crippen molar-refractivity contribution in [2.45, 2.75) is 6.92 Å². The van der Waals surface area contributed by atoms with Crippen molar-refractivity contribution >= 4 is 17.5 Å². The molecule has 0 atom stereocenters. The van der Waals surface area contributed by atoms with Crippen LogP contribution in [0.4, 0.5) is 5.69 Å². The quantitative estimate of drug-likeness (QED) is 0.723. The van der Waals surface area contributed by atoms with Crippen molar-refractivity contribution in [2.75, 3.05) is 32.2 Å². The van der Waals surface area contributed by atoms with E-state index in [-0.39, 0.29) is 11.8 Å². The van der Waals surface area contributed by atoms with Crippen LogP contribution in [0.2, 0.25) is 0 Å². The van der Waals surface area contributed by atoms with Crippen molar-refractivity contribution in [3.05, 3.63) is 59.7 Å². The fraction of sp³-hybridized carbons (Fsp3) is 0.263. The molecular formula is C19H22N2O4. The van der Waals surface area contributed by atoms with Crippen LogP contribution >= 0.6 is 0 Å². The molecule has 0 fully saturated rings. The molecule has 0 bridgehead atoms. The molecule has 0 saturated heterocycles. The zero-order chi connectivity index (χ0) is 18.1. The Morgan fingerprint density at radius 1 is 1.00 bits per heavy atom. The van der Waals surface area contributed by atoms with Crippen LogP contribution < -0.4 is 15.4 Å². The van der Waals surface area contributed by atoms with Crippen molar-refractivity contribution in [1.29, 1.82) is 0 Å². The number of nitrogens with one attached hydrogen (secondary N) is 2. The predicted molar refractivity (Wildman–Crippen MR) is 96.2 cm³/mol. The van der Waals surface area contributed by atoms with Gasteiger partial charge in [-0.1, -0.05) is 12.1 Å². The lowest BCUT2D eigenvalue weighted by Gasteiger charge is -2.11. The first-order valence-corrected chi connectivity index (χ1v) is 8.06. The van der Waals surface area contributed by atoms with E-state index >= 15 is 0 Å². The van der Waals surface area contributed by atoms with Crippen molar-refractivity contribution in [2.24, 2.45) is 0 Å². The Hall–Kier alpha value is -2.86. The zero-order valence-corrected chi connectivity index (χ0v) is 14.4. The van der Waals surface area contributed by atoms with Crippen molar-refractivity contribution in [1.82, 2.24) is 5.32 Å². The minimum atomic E-state index is -0.291. The topological polar surface area (TPSA) is 76.7 Å². The van der Waals surface area contributed by atoms with Crippen molar-refractivity contribution in [3.63, 3.8) is 0 Å². The minimum Gasteiger partial charge on any atom is -0.494 e. The highest BCUT2D eigenvalue weighted by Crippen LogP contribution is 2.18. The summed E-state index contributed by atoms with van der Waals surface area (Å²) in [6.45, 7) is 3.29. The van der Waals surface area contributed by atoms with E-state index in [9.17, 15) is 9.59 Å². The van der Waals surface area contributed by atoms with Crippen LogP contribution in [0.5, 0.6) is 5.75 Å². The number of hydrogen-bond acceptors (Lipinski definition) is 4. The molecule has 0 saturated carbocycles. The SMILES string of the molecule is CCOc1ccc(C(=O)Nc2ccccc2C(=O)NCCOC)cc1. The second-order valence-electron chi connectivity index (χ2n) is 5.21. The molecular weight excluding hydrogens is 320 g/mol. The summed E-state index contributed by atoms with van der Waals surface area (Å²) >= 11 is 0. The van der Waals surface area contributed by atoms with Crippen LogP contribution in [0.1, 0.15) is 27.6 Å². The molecule has 0 heterocycles. The highest BCUT2D eigenvalue weighted by atomic mass is 16.5. The summed E-state index contributed by atoms with van der Waals surface area (Å²) in [5, 5.41) is 5.52. The molecule has 2 aromatic carbocycles. The second kappa shape index (κ2) is 9.44. The Balaban J connectivity index is 2.08. The van der Waals surface area contributed by atoms with Gasteiger partial charge in [-0.2, -0.15) is 0 Å². The molecule has 0 aliphatic heterocycles. The van der Waals surface area contributed by atoms with Crippen molar-refractivity contribution in [3.8, 4) is 5.75 Å². The van der Waals surface area contributed by atoms with Crippen molar-refractivity contribution < 1.29 is 19.1 Å². The normalized spacial score (nSPS) is 10.2. The van der Waals surface area contributed by atoms with E-state index in [0.29, 0.717) is 42.3 Å². The summed E-state index contributed by atoms with van der Waals surface area (Å²) in [6.07, 6.45) is 0. The standard InChI is InChI=1S/C19H22N2O4/c1-3-25-15-10-8-14(9-11-15)18(22)21-17-7-5-4-6-16(17)19(23)20-12-13-24-2/h4-11H,3,12-13H2,1-2H3,(H,20,23)(H,21,22). The monoisotopic (exact) mass is 342 g/mol. The van der Waals surface area contributed by atoms with E-state index in [2.05, 4.69) is 10.6 Å². The number of methoxy groups -OCH3 is 1. The van der Waals surface area contributed by atoms with E-state index in [1.165, 1.54) is 0 Å². The van der Waals surface area contributed by atoms with Gasteiger partial charge in [0.25, 0.3) is 11.8 Å². The number of carbonyl (C=O) groups is 2. The van der Waals surface area contributed by atoms with Crippen LogP contribution in [0.15, 0.2) is 48.5 Å². The smallest absolute Gasteiger partial charge is 0.255 e. The van der Waals surface area contributed by atoms with Gasteiger partial charge < -0.3 is 20.1 Å². The van der Waals surface area contributed by atoms with Gasteiger partial charge in [0.05, 0.1) is 24.5 Å². The first-order chi connectivity index (χ1) is 12.2. The average Bonchev–Trinajstić information content (AvgIpc) is 2.63. The highest BCUT2D eigenvalue weighted by Gasteiger charge is 2.13. The van der Waals surface area contributed by atoms with Gasteiger partial charge in [0.2, 0.25) is 0 Å². The Morgan fingerprint density at radius 3 is 2.40 bits per heavy atom. The van der Waals surface area contributed by atoms with E-state index < -0.39 is 0 Å². The molecule has 2 aromatic rings. The van der Waals surface area contributed by atoms with Crippen LogP contribution in [0.25, 0.3) is 0 Å². The zero-order valence-electron chi connectivity index (χ0n) is 14.4. The van der Waals surface area contributed by atoms with Crippen LogP contribution in [0.3, 0.4) is 0 Å². The predicted octanol–water partition coefficient (Wildman–Crippen LogP) is 2.71. The largest absolute Gasteiger partial charge is 0.494 e. The molecule has 2 N–H and O–H groups in total. The number of amides is 2. The fourth-order valence-electron chi connectivity index (χ4n) is 2.22. The van der Waals surface area contributed by atoms with Gasteiger partial charge in [-0.3, -0.25) is 9.59 Å². The van der Waals surface area contributed by atoms with Gasteiger partial charge in [-0.15, -0.1) is 0 Å². The Morgan fingerprint density at radius 2 is 1.72 bits per heavy atom. The first kappa shape index (κ1) is 18.5. The maximum Gasteiger partial charge on any atom is 0.255 e. The third kappa shape index (κ3) is 5.32. The molecule has 25 heavy (non-hydrogen) atoms. The number of benzene rings is 2. The van der Waals surface area contributed by atoms with Gasteiger partial charge in [-0.25, -0.2) is 0 Å². The second-order valence-corrected chi connectivity index (χ2v) is 5.21. The molecule has 0 spiro atoms. The highest BCUT2D eigenvalue weighted by molar-refractivity contribution is 6.09. The summed E-state index contributed by atoms with van der Waals surface area (Å²) < 4.78 is 10.3. The number of rotatable bonds is 8. The van der Waals surface area contributed by atoms with Crippen LogP contribution in [-0.2, 0) is 4.74 Å². The molecule has 0 radical (unpaired) electrons. The number of anilines is 1. The maximum atomic E-state index is 12.4. The molecule has 0 unspecified atom stereocenters. The summed E-state index contributed by atoms with van der Waals surface area (Å²) in [5.74, 6) is 0.150. The van der Waals surface area contributed by atoms with Gasteiger partial charge in [0.1, 0.15) is 5.75 Å². The lowest BCUT2D eigenvalue weighted by atomic mass is 10.1. The average molecular weight is 342 g/mol. The maximum absolute atomic E-state index is 12.4. The summed E-state index contributed by atoms with van der Waals surface area (Å²) in [6, 6.07) is 13.7. The first-order valence-electron chi connectivity index (χ1n) is 8.06.